The van der Waals surface area contributed by atoms with Gasteiger partial charge in [0.1, 0.15) is 0 Å². The fraction of sp³-hybridized carbons (Fsp3) is 0.0536. The Morgan fingerprint density at radius 3 is 1.71 bits per heavy atom. The Labute approximate surface area is 345 Å². The van der Waals surface area contributed by atoms with E-state index in [1.54, 1.807) is 0 Å². The van der Waals surface area contributed by atoms with Gasteiger partial charge in [-0.2, -0.15) is 0 Å². The second kappa shape index (κ2) is 13.9. The molecule has 0 unspecified atom stereocenters. The molecule has 0 fully saturated rings. The van der Waals surface area contributed by atoms with Gasteiger partial charge in [-0.25, -0.2) is 9.69 Å². The number of pyridine rings is 1. The van der Waals surface area contributed by atoms with Gasteiger partial charge in [-0.3, -0.25) is 4.98 Å². The van der Waals surface area contributed by atoms with E-state index >= 15 is 0 Å². The fourth-order valence-electron chi connectivity index (χ4n) is 9.36. The number of aromatic nitrogens is 2. The molecule has 3 heteroatoms. The maximum Gasteiger partial charge on any atom is 0.0800 e. The second-order valence-corrected chi connectivity index (χ2v) is 16.0. The highest BCUT2D eigenvalue weighted by Gasteiger charge is 2.36. The molecular weight excluding hydrogens is 715 g/mol. The third kappa shape index (κ3) is 5.69. The summed E-state index contributed by atoms with van der Waals surface area (Å²) in [6, 6.07) is 75.0. The predicted octanol–water partition coefficient (Wildman–Crippen LogP) is 14.8. The molecule has 0 radical (unpaired) electrons. The van der Waals surface area contributed by atoms with Crippen molar-refractivity contribution in [1.29, 1.82) is 0 Å². The number of benzene rings is 8. The monoisotopic (exact) mass is 755 g/mol. The van der Waals surface area contributed by atoms with Crippen molar-refractivity contribution in [2.75, 3.05) is 5.01 Å². The van der Waals surface area contributed by atoms with E-state index < -0.39 is 0 Å². The lowest BCUT2D eigenvalue weighted by Crippen LogP contribution is -2.25. The van der Waals surface area contributed by atoms with E-state index in [1.807, 2.05) is 18.3 Å². The van der Waals surface area contributed by atoms with Gasteiger partial charge >= 0.3 is 0 Å². The Kier molecular flexibility index (Phi) is 8.16. The predicted molar refractivity (Wildman–Crippen MR) is 247 cm³/mol. The Morgan fingerprint density at radius 2 is 1.00 bits per heavy atom. The van der Waals surface area contributed by atoms with Crippen molar-refractivity contribution in [2.24, 2.45) is 0 Å². The summed E-state index contributed by atoms with van der Waals surface area (Å²) < 4.78 is 2.49. The molecule has 0 bridgehead atoms. The summed E-state index contributed by atoms with van der Waals surface area (Å²) in [6.45, 7) is 4.72. The normalized spacial score (nSPS) is 12.7. The van der Waals surface area contributed by atoms with Gasteiger partial charge in [0.05, 0.1) is 28.1 Å². The average Bonchev–Trinajstić information content (AvgIpc) is 3.75. The fourth-order valence-corrected chi connectivity index (χ4v) is 9.36. The zero-order valence-electron chi connectivity index (χ0n) is 33.0. The standard InChI is InChI=1S/C56H41N3/c1-56(2)50-23-13-12-22-47(50)48-31-30-44(37-51(48)56)58(43-28-25-41(26-29-43)52-24-14-15-35-57-52)59-53-34-27-42(38-16-6-3-7-17-38)36-49(53)54-45(39-18-8-4-9-19-39)32-33-46(55(54)59)40-20-10-5-11-21-40/h3-37H,1-2H3. The minimum Gasteiger partial charge on any atom is -0.256 e. The van der Waals surface area contributed by atoms with Gasteiger partial charge in [-0.1, -0.05) is 172 Å². The Morgan fingerprint density at radius 1 is 0.424 bits per heavy atom. The SMILES string of the molecule is CC1(C)c2ccccc2-c2ccc(N(c3ccc(-c4ccccn4)cc3)n3c4ccc(-c5ccccc5)cc4c4c(-c5ccccc5)ccc(-c5ccccc5)c43)cc21. The van der Waals surface area contributed by atoms with Crippen LogP contribution in [0.4, 0.5) is 11.4 Å². The molecule has 1 aliphatic carbocycles. The molecule has 3 nitrogen and oxygen atoms in total. The van der Waals surface area contributed by atoms with Gasteiger partial charge in [0.15, 0.2) is 0 Å². The largest absolute Gasteiger partial charge is 0.256 e. The molecule has 0 saturated heterocycles. The van der Waals surface area contributed by atoms with Crippen LogP contribution in [0.3, 0.4) is 0 Å². The van der Waals surface area contributed by atoms with Crippen molar-refractivity contribution in [3.8, 4) is 55.8 Å². The van der Waals surface area contributed by atoms with Crippen molar-refractivity contribution in [1.82, 2.24) is 9.66 Å². The van der Waals surface area contributed by atoms with Crippen LogP contribution in [0.15, 0.2) is 212 Å². The van der Waals surface area contributed by atoms with Crippen LogP contribution in [0.5, 0.6) is 0 Å². The average molecular weight is 756 g/mol. The van der Waals surface area contributed by atoms with Crippen LogP contribution in [0.2, 0.25) is 0 Å². The van der Waals surface area contributed by atoms with Crippen LogP contribution < -0.4 is 5.01 Å². The van der Waals surface area contributed by atoms with Crippen LogP contribution >= 0.6 is 0 Å². The molecule has 2 aromatic heterocycles. The Balaban J connectivity index is 1.26. The summed E-state index contributed by atoms with van der Waals surface area (Å²) in [5, 5.41) is 4.85. The lowest BCUT2D eigenvalue weighted by molar-refractivity contribution is 0.660. The smallest absolute Gasteiger partial charge is 0.0800 e. The van der Waals surface area contributed by atoms with Crippen molar-refractivity contribution in [3.05, 3.63) is 224 Å². The summed E-state index contributed by atoms with van der Waals surface area (Å²) in [6.07, 6.45) is 1.86. The topological polar surface area (TPSA) is 21.1 Å². The molecular formula is C56H41N3. The lowest BCUT2D eigenvalue weighted by Gasteiger charge is -2.31. The molecule has 0 saturated carbocycles. The highest BCUT2D eigenvalue weighted by molar-refractivity contribution is 6.20. The molecule has 0 spiro atoms. The van der Waals surface area contributed by atoms with Crippen molar-refractivity contribution >= 4 is 33.2 Å². The summed E-state index contributed by atoms with van der Waals surface area (Å²) in [5.74, 6) is 0. The maximum atomic E-state index is 4.69. The van der Waals surface area contributed by atoms with Crippen molar-refractivity contribution < 1.29 is 0 Å². The third-order valence-corrected chi connectivity index (χ3v) is 12.2. The Bertz CT molecular complexity index is 3150. The van der Waals surface area contributed by atoms with E-state index in [1.165, 1.54) is 66.4 Å². The molecule has 0 amide bonds. The molecule has 280 valence electrons. The van der Waals surface area contributed by atoms with Crippen molar-refractivity contribution in [3.63, 3.8) is 0 Å². The number of anilines is 2. The van der Waals surface area contributed by atoms with Gasteiger partial charge in [0.25, 0.3) is 0 Å². The van der Waals surface area contributed by atoms with E-state index in [0.29, 0.717) is 0 Å². The van der Waals surface area contributed by atoms with E-state index in [2.05, 4.69) is 223 Å². The number of hydrogen-bond donors (Lipinski definition) is 0. The summed E-state index contributed by atoms with van der Waals surface area (Å²) in [4.78, 5) is 4.69. The van der Waals surface area contributed by atoms with Gasteiger partial charge in [0, 0.05) is 33.5 Å². The minimum atomic E-state index is -0.169. The van der Waals surface area contributed by atoms with Gasteiger partial charge < -0.3 is 0 Å². The zero-order valence-corrected chi connectivity index (χ0v) is 33.0. The molecule has 11 rings (SSSR count). The first-order chi connectivity index (χ1) is 29.0. The summed E-state index contributed by atoms with van der Waals surface area (Å²) >= 11 is 0. The van der Waals surface area contributed by atoms with E-state index in [-0.39, 0.29) is 5.41 Å². The number of fused-ring (bicyclic) bond motifs is 6. The van der Waals surface area contributed by atoms with Crippen LogP contribution in [0, 0.1) is 0 Å². The van der Waals surface area contributed by atoms with Crippen molar-refractivity contribution in [2.45, 2.75) is 19.3 Å². The Hall–Kier alpha value is -7.49. The van der Waals surface area contributed by atoms with Crippen LogP contribution in [0.25, 0.3) is 77.6 Å². The van der Waals surface area contributed by atoms with Crippen LogP contribution in [0.1, 0.15) is 25.0 Å². The highest BCUT2D eigenvalue weighted by atomic mass is 15.6. The number of nitrogens with zero attached hydrogens (tertiary/aromatic N) is 3. The van der Waals surface area contributed by atoms with Crippen LogP contribution in [-0.4, -0.2) is 9.66 Å². The number of hydrogen-bond acceptors (Lipinski definition) is 2. The minimum absolute atomic E-state index is 0.169. The molecule has 59 heavy (non-hydrogen) atoms. The first-order valence-electron chi connectivity index (χ1n) is 20.4. The summed E-state index contributed by atoms with van der Waals surface area (Å²) in [5.41, 5.74) is 18.7. The van der Waals surface area contributed by atoms with Crippen LogP contribution in [-0.2, 0) is 5.41 Å². The molecule has 0 atom stereocenters. The van der Waals surface area contributed by atoms with E-state index in [4.69, 9.17) is 0 Å². The zero-order chi connectivity index (χ0) is 39.5. The first kappa shape index (κ1) is 34.7. The van der Waals surface area contributed by atoms with E-state index in [9.17, 15) is 0 Å². The quantitative estimate of drug-likeness (QED) is 0.162. The first-order valence-corrected chi connectivity index (χ1v) is 20.4. The number of rotatable bonds is 7. The molecule has 0 N–H and O–H groups in total. The molecule has 8 aromatic carbocycles. The van der Waals surface area contributed by atoms with Gasteiger partial charge in [-0.05, 0) is 98.6 Å². The van der Waals surface area contributed by atoms with Gasteiger partial charge in [0.2, 0.25) is 0 Å². The highest BCUT2D eigenvalue weighted by Crippen LogP contribution is 2.51. The summed E-state index contributed by atoms with van der Waals surface area (Å²) in [7, 11) is 0. The molecule has 0 aliphatic heterocycles. The molecule has 1 aliphatic rings. The molecule has 10 aromatic rings. The van der Waals surface area contributed by atoms with E-state index in [0.717, 1.165) is 33.7 Å². The van der Waals surface area contributed by atoms with Gasteiger partial charge in [-0.15, -0.1) is 0 Å². The second-order valence-electron chi connectivity index (χ2n) is 16.0. The third-order valence-electron chi connectivity index (χ3n) is 12.2. The molecule has 2 heterocycles. The lowest BCUT2D eigenvalue weighted by atomic mass is 9.82. The maximum absolute atomic E-state index is 4.69.